The SMILES string of the molecule is C=CCC(C)NC(=O)Cn1cc(CN)nn1. The Morgan fingerprint density at radius 2 is 2.56 bits per heavy atom. The van der Waals surface area contributed by atoms with Crippen molar-refractivity contribution in [3.63, 3.8) is 0 Å². The van der Waals surface area contributed by atoms with E-state index in [4.69, 9.17) is 5.73 Å². The van der Waals surface area contributed by atoms with Gasteiger partial charge in [-0.25, -0.2) is 4.68 Å². The van der Waals surface area contributed by atoms with Crippen molar-refractivity contribution in [2.45, 2.75) is 32.5 Å². The van der Waals surface area contributed by atoms with Crippen molar-refractivity contribution in [3.8, 4) is 0 Å². The normalized spacial score (nSPS) is 12.1. The molecule has 1 amide bonds. The summed E-state index contributed by atoms with van der Waals surface area (Å²) in [5.74, 6) is -0.0946. The van der Waals surface area contributed by atoms with Crippen LogP contribution in [0.2, 0.25) is 0 Å². The minimum Gasteiger partial charge on any atom is -0.352 e. The maximum atomic E-state index is 11.5. The predicted molar refractivity (Wildman–Crippen MR) is 60.3 cm³/mol. The van der Waals surface area contributed by atoms with Crippen molar-refractivity contribution in [1.29, 1.82) is 0 Å². The average molecular weight is 223 g/mol. The van der Waals surface area contributed by atoms with E-state index in [1.54, 1.807) is 12.3 Å². The second-order valence-electron chi connectivity index (χ2n) is 3.60. The van der Waals surface area contributed by atoms with Gasteiger partial charge >= 0.3 is 0 Å². The molecule has 1 rings (SSSR count). The van der Waals surface area contributed by atoms with Gasteiger partial charge in [-0.2, -0.15) is 0 Å². The lowest BCUT2D eigenvalue weighted by Crippen LogP contribution is -2.34. The molecule has 0 aliphatic heterocycles. The monoisotopic (exact) mass is 223 g/mol. The quantitative estimate of drug-likeness (QED) is 0.655. The Kier molecular flexibility index (Phi) is 4.65. The van der Waals surface area contributed by atoms with Crippen LogP contribution in [0, 0.1) is 0 Å². The Balaban J connectivity index is 2.41. The van der Waals surface area contributed by atoms with Crippen LogP contribution < -0.4 is 11.1 Å². The van der Waals surface area contributed by atoms with Gasteiger partial charge in [-0.15, -0.1) is 11.7 Å². The molecule has 6 heteroatoms. The highest BCUT2D eigenvalue weighted by Crippen LogP contribution is 1.93. The molecule has 1 aromatic rings. The molecule has 88 valence electrons. The summed E-state index contributed by atoms with van der Waals surface area (Å²) in [6.07, 6.45) is 4.18. The number of nitrogens with zero attached hydrogens (tertiary/aromatic N) is 3. The minimum absolute atomic E-state index is 0.0856. The molecule has 0 saturated carbocycles. The van der Waals surface area contributed by atoms with E-state index in [0.717, 1.165) is 6.42 Å². The highest BCUT2D eigenvalue weighted by molar-refractivity contribution is 5.75. The smallest absolute Gasteiger partial charge is 0.242 e. The van der Waals surface area contributed by atoms with E-state index < -0.39 is 0 Å². The second-order valence-corrected chi connectivity index (χ2v) is 3.60. The maximum Gasteiger partial charge on any atom is 0.242 e. The third-order valence-corrected chi connectivity index (χ3v) is 2.03. The van der Waals surface area contributed by atoms with E-state index in [9.17, 15) is 4.79 Å². The summed E-state index contributed by atoms with van der Waals surface area (Å²) < 4.78 is 1.47. The highest BCUT2D eigenvalue weighted by Gasteiger charge is 2.07. The van der Waals surface area contributed by atoms with Crippen LogP contribution in [0.5, 0.6) is 0 Å². The van der Waals surface area contributed by atoms with Gasteiger partial charge in [0.1, 0.15) is 6.54 Å². The zero-order chi connectivity index (χ0) is 12.0. The predicted octanol–water partition coefficient (Wildman–Crippen LogP) is -0.182. The summed E-state index contributed by atoms with van der Waals surface area (Å²) >= 11 is 0. The first kappa shape index (κ1) is 12.4. The van der Waals surface area contributed by atoms with Crippen LogP contribution in [-0.2, 0) is 17.9 Å². The number of carbonyl (C=O) groups excluding carboxylic acids is 1. The zero-order valence-corrected chi connectivity index (χ0v) is 9.39. The Bertz CT molecular complexity index is 360. The topological polar surface area (TPSA) is 85.8 Å². The molecule has 3 N–H and O–H groups in total. The molecule has 1 heterocycles. The fourth-order valence-corrected chi connectivity index (χ4v) is 1.29. The average Bonchev–Trinajstić information content (AvgIpc) is 2.65. The van der Waals surface area contributed by atoms with Crippen molar-refractivity contribution in [2.75, 3.05) is 0 Å². The molecular weight excluding hydrogens is 206 g/mol. The van der Waals surface area contributed by atoms with E-state index in [0.29, 0.717) is 12.2 Å². The van der Waals surface area contributed by atoms with E-state index in [2.05, 4.69) is 22.2 Å². The third-order valence-electron chi connectivity index (χ3n) is 2.03. The fourth-order valence-electron chi connectivity index (χ4n) is 1.29. The molecule has 0 fully saturated rings. The van der Waals surface area contributed by atoms with E-state index >= 15 is 0 Å². The first-order valence-corrected chi connectivity index (χ1v) is 5.15. The summed E-state index contributed by atoms with van der Waals surface area (Å²) in [6, 6.07) is 0.0856. The molecular formula is C10H17N5O. The van der Waals surface area contributed by atoms with Gasteiger partial charge in [-0.3, -0.25) is 4.79 Å². The van der Waals surface area contributed by atoms with Crippen molar-refractivity contribution >= 4 is 5.91 Å². The van der Waals surface area contributed by atoms with Gasteiger partial charge in [0.2, 0.25) is 5.91 Å². The molecule has 0 spiro atoms. The summed E-state index contributed by atoms with van der Waals surface area (Å²) in [7, 11) is 0. The highest BCUT2D eigenvalue weighted by atomic mass is 16.2. The Labute approximate surface area is 94.5 Å². The number of nitrogens with two attached hydrogens (primary N) is 1. The van der Waals surface area contributed by atoms with Crippen molar-refractivity contribution in [1.82, 2.24) is 20.3 Å². The molecule has 1 aromatic heterocycles. The first-order valence-electron chi connectivity index (χ1n) is 5.15. The van der Waals surface area contributed by atoms with Crippen LogP contribution in [0.4, 0.5) is 0 Å². The number of rotatable bonds is 6. The Morgan fingerprint density at radius 1 is 1.81 bits per heavy atom. The Hall–Kier alpha value is -1.69. The lowest BCUT2D eigenvalue weighted by atomic mass is 10.2. The lowest BCUT2D eigenvalue weighted by Gasteiger charge is -2.11. The van der Waals surface area contributed by atoms with Crippen LogP contribution in [0.1, 0.15) is 19.0 Å². The van der Waals surface area contributed by atoms with Gasteiger partial charge in [-0.05, 0) is 13.3 Å². The van der Waals surface area contributed by atoms with E-state index in [1.165, 1.54) is 4.68 Å². The molecule has 0 radical (unpaired) electrons. The summed E-state index contributed by atoms with van der Waals surface area (Å²) in [5.41, 5.74) is 6.06. The molecule has 0 aliphatic carbocycles. The molecule has 0 aromatic carbocycles. The largest absolute Gasteiger partial charge is 0.352 e. The minimum atomic E-state index is -0.0946. The van der Waals surface area contributed by atoms with Gasteiger partial charge in [0.15, 0.2) is 0 Å². The van der Waals surface area contributed by atoms with Crippen molar-refractivity contribution < 1.29 is 4.79 Å². The summed E-state index contributed by atoms with van der Waals surface area (Å²) in [5, 5.41) is 10.4. The maximum absolute atomic E-state index is 11.5. The lowest BCUT2D eigenvalue weighted by molar-refractivity contribution is -0.122. The van der Waals surface area contributed by atoms with Crippen molar-refractivity contribution in [2.24, 2.45) is 5.73 Å². The molecule has 0 saturated heterocycles. The summed E-state index contributed by atoms with van der Waals surface area (Å²) in [6.45, 7) is 6.03. The first-order chi connectivity index (χ1) is 7.65. The summed E-state index contributed by atoms with van der Waals surface area (Å²) in [4.78, 5) is 11.5. The fraction of sp³-hybridized carbons (Fsp3) is 0.500. The van der Waals surface area contributed by atoms with Gasteiger partial charge in [0, 0.05) is 12.6 Å². The number of carbonyl (C=O) groups is 1. The molecule has 0 aliphatic rings. The number of aromatic nitrogens is 3. The number of nitrogens with one attached hydrogen (secondary N) is 1. The number of hydrogen-bond acceptors (Lipinski definition) is 4. The zero-order valence-electron chi connectivity index (χ0n) is 9.39. The Morgan fingerprint density at radius 3 is 3.12 bits per heavy atom. The molecule has 1 unspecified atom stereocenters. The van der Waals surface area contributed by atoms with E-state index in [-0.39, 0.29) is 18.5 Å². The molecule has 16 heavy (non-hydrogen) atoms. The molecule has 0 bridgehead atoms. The van der Waals surface area contributed by atoms with Gasteiger partial charge in [0.05, 0.1) is 11.9 Å². The van der Waals surface area contributed by atoms with Gasteiger partial charge < -0.3 is 11.1 Å². The second kappa shape index (κ2) is 6.02. The van der Waals surface area contributed by atoms with Crippen LogP contribution >= 0.6 is 0 Å². The van der Waals surface area contributed by atoms with Crippen LogP contribution in [0.15, 0.2) is 18.9 Å². The van der Waals surface area contributed by atoms with Crippen LogP contribution in [-0.4, -0.2) is 26.9 Å². The van der Waals surface area contributed by atoms with E-state index in [1.807, 2.05) is 6.92 Å². The standard InChI is InChI=1S/C10H17N5O/c1-3-4-8(2)12-10(16)7-15-6-9(5-11)13-14-15/h3,6,8H,1,4-5,7,11H2,2H3,(H,12,16). The van der Waals surface area contributed by atoms with Crippen LogP contribution in [0.3, 0.4) is 0 Å². The van der Waals surface area contributed by atoms with Crippen LogP contribution in [0.25, 0.3) is 0 Å². The van der Waals surface area contributed by atoms with Crippen molar-refractivity contribution in [3.05, 3.63) is 24.5 Å². The third kappa shape index (κ3) is 3.82. The number of hydrogen-bond donors (Lipinski definition) is 2. The number of amides is 1. The van der Waals surface area contributed by atoms with Gasteiger partial charge in [0.25, 0.3) is 0 Å². The molecule has 1 atom stereocenters. The molecule has 6 nitrogen and oxygen atoms in total. The van der Waals surface area contributed by atoms with Gasteiger partial charge in [-0.1, -0.05) is 11.3 Å².